The molecule has 1 aromatic heterocycles. The smallest absolute Gasteiger partial charge is 0.282 e. The number of carbonyl (C=O) groups excluding carboxylic acids is 1. The van der Waals surface area contributed by atoms with E-state index in [0.717, 1.165) is 16.6 Å². The summed E-state index contributed by atoms with van der Waals surface area (Å²) in [6, 6.07) is 16.3. The van der Waals surface area contributed by atoms with Gasteiger partial charge in [0.05, 0.1) is 17.1 Å². The van der Waals surface area contributed by atoms with Crippen LogP contribution >= 0.6 is 15.9 Å². The van der Waals surface area contributed by atoms with E-state index in [2.05, 4.69) is 31.3 Å². The van der Waals surface area contributed by atoms with Gasteiger partial charge in [-0.05, 0) is 61.0 Å². The lowest BCUT2D eigenvalue weighted by Gasteiger charge is -2.16. The number of hydrogen-bond donors (Lipinski definition) is 1. The maximum Gasteiger partial charge on any atom is 0.282 e. The lowest BCUT2D eigenvalue weighted by Crippen LogP contribution is -2.22. The van der Waals surface area contributed by atoms with Crippen LogP contribution in [-0.2, 0) is 11.2 Å². The van der Waals surface area contributed by atoms with Gasteiger partial charge < -0.3 is 15.0 Å². The van der Waals surface area contributed by atoms with Crippen molar-refractivity contribution in [3.8, 4) is 5.75 Å². The molecule has 1 N–H and O–H groups in total. The Morgan fingerprint density at radius 2 is 1.92 bits per heavy atom. The molecule has 0 saturated carbocycles. The van der Waals surface area contributed by atoms with E-state index >= 15 is 0 Å². The summed E-state index contributed by atoms with van der Waals surface area (Å²) in [7, 11) is 3.78. The first kappa shape index (κ1) is 27.0. The first-order chi connectivity index (χ1) is 18.2. The summed E-state index contributed by atoms with van der Waals surface area (Å²) in [6.45, 7) is 1.73. The van der Waals surface area contributed by atoms with Gasteiger partial charge in [-0.15, -0.1) is 0 Å². The molecule has 0 aliphatic heterocycles. The molecule has 0 radical (unpaired) electrons. The maximum absolute atomic E-state index is 13.3. The fraction of sp³-hybridized carbons (Fsp3) is 0.214. The molecule has 0 aliphatic carbocycles. The van der Waals surface area contributed by atoms with Gasteiger partial charge in [-0.2, -0.15) is 9.78 Å². The number of ether oxygens (including phenoxy) is 1. The van der Waals surface area contributed by atoms with E-state index in [-0.39, 0.29) is 18.0 Å². The first-order valence-electron chi connectivity index (χ1n) is 12.0. The third-order valence-corrected chi connectivity index (χ3v) is 6.15. The van der Waals surface area contributed by atoms with Gasteiger partial charge in [0.15, 0.2) is 6.61 Å². The van der Waals surface area contributed by atoms with E-state index in [1.54, 1.807) is 18.2 Å². The molecule has 0 bridgehead atoms. The van der Waals surface area contributed by atoms with Gasteiger partial charge in [0.2, 0.25) is 0 Å². The van der Waals surface area contributed by atoms with E-state index in [1.165, 1.54) is 35.2 Å². The number of anilines is 2. The van der Waals surface area contributed by atoms with Crippen molar-refractivity contribution in [2.75, 3.05) is 30.9 Å². The van der Waals surface area contributed by atoms with Gasteiger partial charge >= 0.3 is 0 Å². The summed E-state index contributed by atoms with van der Waals surface area (Å²) < 4.78 is 21.1. The highest BCUT2D eigenvalue weighted by Gasteiger charge is 2.12. The van der Waals surface area contributed by atoms with E-state index in [0.29, 0.717) is 40.1 Å². The van der Waals surface area contributed by atoms with Crippen LogP contribution in [0.4, 0.5) is 15.8 Å². The highest BCUT2D eigenvalue weighted by atomic mass is 79.9. The van der Waals surface area contributed by atoms with Gasteiger partial charge in [0, 0.05) is 48.0 Å². The number of aromatic nitrogens is 2. The molecule has 1 amide bonds. The molecule has 196 valence electrons. The zero-order valence-electron chi connectivity index (χ0n) is 21.2. The van der Waals surface area contributed by atoms with Crippen LogP contribution in [-0.4, -0.2) is 42.5 Å². The van der Waals surface area contributed by atoms with Crippen molar-refractivity contribution < 1.29 is 13.9 Å². The highest BCUT2D eigenvalue weighted by molar-refractivity contribution is 9.10. The number of benzene rings is 3. The van der Waals surface area contributed by atoms with Crippen molar-refractivity contribution >= 4 is 50.3 Å². The summed E-state index contributed by atoms with van der Waals surface area (Å²) in [4.78, 5) is 32.3. The summed E-state index contributed by atoms with van der Waals surface area (Å²) in [6.07, 6.45) is 2.89. The lowest BCUT2D eigenvalue weighted by molar-refractivity contribution is -0.118. The van der Waals surface area contributed by atoms with Crippen LogP contribution in [0.5, 0.6) is 5.75 Å². The van der Waals surface area contributed by atoms with Gasteiger partial charge in [-0.1, -0.05) is 22.9 Å². The third kappa shape index (κ3) is 6.44. The SMILES string of the molecule is CCCc1nc2ccc(Br)cc2c(=O)n1N=Cc1ccc(N(C)C)cc1OCC(=O)Nc1ccc(F)cc1. The van der Waals surface area contributed by atoms with Crippen LogP contribution in [0.2, 0.25) is 0 Å². The highest BCUT2D eigenvalue weighted by Crippen LogP contribution is 2.24. The van der Waals surface area contributed by atoms with E-state index < -0.39 is 5.91 Å². The molecule has 0 unspecified atom stereocenters. The van der Waals surface area contributed by atoms with Crippen molar-refractivity contribution in [2.24, 2.45) is 5.10 Å². The second-order valence-electron chi connectivity index (χ2n) is 8.76. The molecule has 0 fully saturated rings. The van der Waals surface area contributed by atoms with Gasteiger partial charge in [0.25, 0.3) is 11.5 Å². The molecule has 4 aromatic rings. The largest absolute Gasteiger partial charge is 0.483 e. The van der Waals surface area contributed by atoms with Crippen LogP contribution < -0.4 is 20.5 Å². The Hall–Kier alpha value is -4.05. The van der Waals surface area contributed by atoms with E-state index in [4.69, 9.17) is 4.74 Å². The van der Waals surface area contributed by atoms with Crippen LogP contribution in [0, 0.1) is 5.82 Å². The number of amides is 1. The van der Waals surface area contributed by atoms with Crippen molar-refractivity contribution in [3.63, 3.8) is 0 Å². The molecule has 10 heteroatoms. The molecule has 8 nitrogen and oxygen atoms in total. The fourth-order valence-corrected chi connectivity index (χ4v) is 4.09. The average Bonchev–Trinajstić information content (AvgIpc) is 2.89. The predicted molar refractivity (Wildman–Crippen MR) is 152 cm³/mol. The standard InChI is InChI=1S/C28H27BrFN5O3/c1-4-5-26-33-24-13-7-19(29)14-23(24)28(37)35(26)31-16-18-6-12-22(34(2)3)15-25(18)38-17-27(36)32-21-10-8-20(30)9-11-21/h6-16H,4-5,17H2,1-3H3,(H,32,36). The fourth-order valence-electron chi connectivity index (χ4n) is 3.73. The molecule has 0 saturated heterocycles. The summed E-state index contributed by atoms with van der Waals surface area (Å²) >= 11 is 3.41. The number of nitrogens with one attached hydrogen (secondary N) is 1. The lowest BCUT2D eigenvalue weighted by atomic mass is 10.2. The average molecular weight is 580 g/mol. The summed E-state index contributed by atoms with van der Waals surface area (Å²) in [5.74, 6) is 0.171. The van der Waals surface area contributed by atoms with Gasteiger partial charge in [-0.3, -0.25) is 9.59 Å². The zero-order chi connectivity index (χ0) is 27.2. The Morgan fingerprint density at radius 1 is 1.16 bits per heavy atom. The van der Waals surface area contributed by atoms with E-state index in [9.17, 15) is 14.0 Å². The number of fused-ring (bicyclic) bond motifs is 1. The second kappa shape index (κ2) is 12.0. The normalized spacial score (nSPS) is 11.2. The summed E-state index contributed by atoms with van der Waals surface area (Å²) in [5.41, 5.74) is 2.23. The van der Waals surface area contributed by atoms with Gasteiger partial charge in [0.1, 0.15) is 17.4 Å². The first-order valence-corrected chi connectivity index (χ1v) is 12.8. The van der Waals surface area contributed by atoms with Crippen LogP contribution in [0.3, 0.4) is 0 Å². The number of carbonyl (C=O) groups is 1. The van der Waals surface area contributed by atoms with Crippen LogP contribution in [0.1, 0.15) is 24.7 Å². The number of aryl methyl sites for hydroxylation is 1. The van der Waals surface area contributed by atoms with Crippen molar-refractivity contribution in [1.82, 2.24) is 9.66 Å². The van der Waals surface area contributed by atoms with Crippen molar-refractivity contribution in [1.29, 1.82) is 0 Å². The zero-order valence-corrected chi connectivity index (χ0v) is 22.8. The number of rotatable bonds is 9. The molecular formula is C28H27BrFN5O3. The monoisotopic (exact) mass is 579 g/mol. The number of nitrogens with zero attached hydrogens (tertiary/aromatic N) is 4. The minimum atomic E-state index is -0.402. The van der Waals surface area contributed by atoms with Crippen LogP contribution in [0.25, 0.3) is 10.9 Å². The molecule has 0 spiro atoms. The molecule has 0 atom stereocenters. The minimum Gasteiger partial charge on any atom is -0.483 e. The number of hydrogen-bond acceptors (Lipinski definition) is 6. The summed E-state index contributed by atoms with van der Waals surface area (Å²) in [5, 5.41) is 7.61. The Balaban J connectivity index is 1.64. The third-order valence-electron chi connectivity index (χ3n) is 5.66. The van der Waals surface area contributed by atoms with E-state index in [1.807, 2.05) is 44.1 Å². The topological polar surface area (TPSA) is 88.8 Å². The Morgan fingerprint density at radius 3 is 2.63 bits per heavy atom. The van der Waals surface area contributed by atoms with Crippen LogP contribution in [0.15, 0.2) is 75.0 Å². The molecule has 0 aliphatic rings. The molecule has 3 aromatic carbocycles. The quantitative estimate of drug-likeness (QED) is 0.275. The predicted octanol–water partition coefficient (Wildman–Crippen LogP) is 5.22. The second-order valence-corrected chi connectivity index (χ2v) is 9.68. The maximum atomic E-state index is 13.3. The Labute approximate surface area is 227 Å². The number of halogens is 2. The van der Waals surface area contributed by atoms with Crippen molar-refractivity contribution in [2.45, 2.75) is 19.8 Å². The molecule has 4 rings (SSSR count). The van der Waals surface area contributed by atoms with Gasteiger partial charge in [-0.25, -0.2) is 9.37 Å². The Kier molecular flexibility index (Phi) is 8.52. The minimum absolute atomic E-state index is 0.276. The molecule has 1 heterocycles. The van der Waals surface area contributed by atoms with Crippen molar-refractivity contribution in [3.05, 3.63) is 92.7 Å². The molecular weight excluding hydrogens is 553 g/mol. The Bertz CT molecular complexity index is 1550. The molecule has 38 heavy (non-hydrogen) atoms.